The molecule has 0 saturated carbocycles. The van der Waals surface area contributed by atoms with Gasteiger partial charge >= 0.3 is 6.09 Å². The number of benzene rings is 1. The number of carbonyl (C=O) groups is 2. The van der Waals surface area contributed by atoms with E-state index in [9.17, 15) is 9.59 Å². The van der Waals surface area contributed by atoms with E-state index < -0.39 is 12.1 Å². The molecule has 1 N–H and O–H groups in total. The number of hydrogen-bond acceptors (Lipinski definition) is 3. The lowest BCUT2D eigenvalue weighted by molar-refractivity contribution is -0.124. The van der Waals surface area contributed by atoms with E-state index in [4.69, 9.17) is 4.74 Å². The van der Waals surface area contributed by atoms with Crippen molar-refractivity contribution in [3.63, 3.8) is 0 Å². The maximum Gasteiger partial charge on any atom is 0.407 e. The highest BCUT2D eigenvalue weighted by molar-refractivity contribution is 5.89. The Balaban J connectivity index is 2.89. The molecule has 1 unspecified atom stereocenters. The number of amides is 1. The summed E-state index contributed by atoms with van der Waals surface area (Å²) in [7, 11) is 0. The van der Waals surface area contributed by atoms with E-state index in [1.165, 1.54) is 0 Å². The number of carbonyl (C=O) groups excluding carboxylic acids is 2. The molecule has 4 heteroatoms. The molecule has 1 aromatic carbocycles. The average molecular weight is 249 g/mol. The minimum absolute atomic E-state index is 0.0331. The number of Topliss-reactive ketones (excluding diaryl/α,β-unsaturated/α-hetero) is 1. The normalized spacial score (nSPS) is 12.0. The Morgan fingerprint density at radius 1 is 1.22 bits per heavy atom. The van der Waals surface area contributed by atoms with Crippen LogP contribution in [-0.2, 0) is 9.53 Å². The van der Waals surface area contributed by atoms with Gasteiger partial charge in [0.15, 0.2) is 5.78 Å². The number of nitrogens with one attached hydrogen (secondary N) is 1. The van der Waals surface area contributed by atoms with Crippen LogP contribution in [0.25, 0.3) is 0 Å². The van der Waals surface area contributed by atoms with Gasteiger partial charge in [0, 0.05) is 5.92 Å². The van der Waals surface area contributed by atoms with E-state index in [2.05, 4.69) is 5.32 Å². The van der Waals surface area contributed by atoms with E-state index in [0.29, 0.717) is 0 Å². The Kier molecular flexibility index (Phi) is 5.36. The topological polar surface area (TPSA) is 55.4 Å². The van der Waals surface area contributed by atoms with Crippen molar-refractivity contribution in [2.24, 2.45) is 5.92 Å². The molecular formula is C14H19NO3. The van der Waals surface area contributed by atoms with Gasteiger partial charge in [0.05, 0.1) is 6.61 Å². The third-order valence-corrected chi connectivity index (χ3v) is 2.52. The Morgan fingerprint density at radius 3 is 2.33 bits per heavy atom. The second kappa shape index (κ2) is 6.79. The highest BCUT2D eigenvalue weighted by Gasteiger charge is 2.25. The highest BCUT2D eigenvalue weighted by atomic mass is 16.5. The lowest BCUT2D eigenvalue weighted by atomic mass is 9.95. The maximum atomic E-state index is 12.1. The monoisotopic (exact) mass is 249 g/mol. The fourth-order valence-electron chi connectivity index (χ4n) is 1.59. The van der Waals surface area contributed by atoms with Crippen LogP contribution in [-0.4, -0.2) is 18.5 Å². The van der Waals surface area contributed by atoms with Crippen molar-refractivity contribution in [1.29, 1.82) is 0 Å². The summed E-state index contributed by atoms with van der Waals surface area (Å²) in [5.41, 5.74) is 0.768. The summed E-state index contributed by atoms with van der Waals surface area (Å²) < 4.78 is 4.82. The first-order chi connectivity index (χ1) is 8.56. The second-order valence-electron chi connectivity index (χ2n) is 4.27. The fourth-order valence-corrected chi connectivity index (χ4v) is 1.59. The van der Waals surface area contributed by atoms with Gasteiger partial charge in [-0.1, -0.05) is 44.2 Å². The largest absolute Gasteiger partial charge is 0.450 e. The Morgan fingerprint density at radius 2 is 1.83 bits per heavy atom. The van der Waals surface area contributed by atoms with E-state index in [1.54, 1.807) is 6.92 Å². The summed E-state index contributed by atoms with van der Waals surface area (Å²) in [6.07, 6.45) is -0.569. The molecule has 0 aliphatic rings. The third-order valence-electron chi connectivity index (χ3n) is 2.52. The summed E-state index contributed by atoms with van der Waals surface area (Å²) in [5.74, 6) is -0.189. The van der Waals surface area contributed by atoms with Crippen molar-refractivity contribution >= 4 is 11.9 Å². The van der Waals surface area contributed by atoms with Crippen LogP contribution >= 0.6 is 0 Å². The van der Waals surface area contributed by atoms with Crippen LogP contribution in [0.2, 0.25) is 0 Å². The van der Waals surface area contributed by atoms with E-state index in [-0.39, 0.29) is 18.3 Å². The summed E-state index contributed by atoms with van der Waals surface area (Å²) in [6, 6.07) is 8.52. The SMILES string of the molecule is CCOC(=O)NC(C(=O)C(C)C)c1ccccc1. The maximum absolute atomic E-state index is 12.1. The van der Waals surface area contributed by atoms with Crippen LogP contribution in [0.5, 0.6) is 0 Å². The van der Waals surface area contributed by atoms with E-state index in [0.717, 1.165) is 5.56 Å². The van der Waals surface area contributed by atoms with Crippen molar-refractivity contribution in [2.75, 3.05) is 6.61 Å². The van der Waals surface area contributed by atoms with Crippen molar-refractivity contribution in [1.82, 2.24) is 5.32 Å². The Bertz CT molecular complexity index is 401. The van der Waals surface area contributed by atoms with Crippen LogP contribution in [0.3, 0.4) is 0 Å². The van der Waals surface area contributed by atoms with Gasteiger partial charge < -0.3 is 10.1 Å². The minimum Gasteiger partial charge on any atom is -0.450 e. The molecular weight excluding hydrogens is 230 g/mol. The van der Waals surface area contributed by atoms with Crippen molar-refractivity contribution in [3.8, 4) is 0 Å². The lowest BCUT2D eigenvalue weighted by Gasteiger charge is -2.19. The molecule has 0 saturated heterocycles. The van der Waals surface area contributed by atoms with Crippen molar-refractivity contribution in [2.45, 2.75) is 26.8 Å². The molecule has 98 valence electrons. The van der Waals surface area contributed by atoms with Crippen molar-refractivity contribution in [3.05, 3.63) is 35.9 Å². The average Bonchev–Trinajstić information content (AvgIpc) is 2.36. The van der Waals surface area contributed by atoms with Crippen LogP contribution in [0.15, 0.2) is 30.3 Å². The first-order valence-electron chi connectivity index (χ1n) is 6.08. The predicted molar refractivity (Wildman–Crippen MR) is 69.2 cm³/mol. The Hall–Kier alpha value is -1.84. The van der Waals surface area contributed by atoms with Gasteiger partial charge in [-0.15, -0.1) is 0 Å². The molecule has 0 fully saturated rings. The summed E-state index contributed by atoms with van der Waals surface area (Å²) in [5, 5.41) is 2.60. The molecule has 0 radical (unpaired) electrons. The zero-order valence-electron chi connectivity index (χ0n) is 11.0. The van der Waals surface area contributed by atoms with Gasteiger partial charge in [-0.3, -0.25) is 4.79 Å². The van der Waals surface area contributed by atoms with Gasteiger partial charge in [-0.25, -0.2) is 4.79 Å². The molecule has 1 amide bonds. The lowest BCUT2D eigenvalue weighted by Crippen LogP contribution is -2.36. The number of rotatable bonds is 5. The highest BCUT2D eigenvalue weighted by Crippen LogP contribution is 2.17. The van der Waals surface area contributed by atoms with E-state index >= 15 is 0 Å². The minimum atomic E-state index is -0.648. The number of hydrogen-bond donors (Lipinski definition) is 1. The van der Waals surface area contributed by atoms with Crippen LogP contribution in [0.1, 0.15) is 32.4 Å². The first kappa shape index (κ1) is 14.2. The molecule has 0 spiro atoms. The molecule has 1 atom stereocenters. The third kappa shape index (κ3) is 3.87. The molecule has 0 bridgehead atoms. The standard InChI is InChI=1S/C14H19NO3/c1-4-18-14(17)15-12(13(16)10(2)3)11-8-6-5-7-9-11/h5-10,12H,4H2,1-3H3,(H,15,17). The number of ketones is 1. The van der Waals surface area contributed by atoms with Crippen molar-refractivity contribution < 1.29 is 14.3 Å². The molecule has 0 aliphatic carbocycles. The zero-order valence-corrected chi connectivity index (χ0v) is 11.0. The first-order valence-corrected chi connectivity index (χ1v) is 6.08. The summed E-state index contributed by atoms with van der Waals surface area (Å²) in [4.78, 5) is 23.6. The van der Waals surface area contributed by atoms with Gasteiger partial charge in [-0.05, 0) is 12.5 Å². The summed E-state index contributed by atoms with van der Waals surface area (Å²) >= 11 is 0. The van der Waals surface area contributed by atoms with Gasteiger partial charge in [0.2, 0.25) is 0 Å². The number of alkyl carbamates (subject to hydrolysis) is 1. The number of ether oxygens (including phenoxy) is 1. The van der Waals surface area contributed by atoms with Crippen LogP contribution < -0.4 is 5.32 Å². The predicted octanol–water partition coefficient (Wildman–Crippen LogP) is 2.70. The van der Waals surface area contributed by atoms with Gasteiger partial charge in [0.1, 0.15) is 6.04 Å². The fraction of sp³-hybridized carbons (Fsp3) is 0.429. The van der Waals surface area contributed by atoms with Gasteiger partial charge in [-0.2, -0.15) is 0 Å². The molecule has 1 rings (SSSR count). The molecule has 0 aromatic heterocycles. The van der Waals surface area contributed by atoms with Crippen LogP contribution in [0, 0.1) is 5.92 Å². The molecule has 4 nitrogen and oxygen atoms in total. The zero-order chi connectivity index (χ0) is 13.5. The Labute approximate surface area is 107 Å². The van der Waals surface area contributed by atoms with Gasteiger partial charge in [0.25, 0.3) is 0 Å². The van der Waals surface area contributed by atoms with E-state index in [1.807, 2.05) is 44.2 Å². The molecule has 1 aromatic rings. The molecule has 0 heterocycles. The quantitative estimate of drug-likeness (QED) is 0.872. The second-order valence-corrected chi connectivity index (χ2v) is 4.27. The molecule has 0 aliphatic heterocycles. The summed E-state index contributed by atoms with van der Waals surface area (Å²) in [6.45, 7) is 5.63. The van der Waals surface area contributed by atoms with Crippen LogP contribution in [0.4, 0.5) is 4.79 Å². The molecule has 18 heavy (non-hydrogen) atoms. The smallest absolute Gasteiger partial charge is 0.407 e.